The average molecular weight is 218 g/mol. The van der Waals surface area contributed by atoms with Gasteiger partial charge in [-0.15, -0.1) is 0 Å². The highest BCUT2D eigenvalue weighted by molar-refractivity contribution is 5.89. The van der Waals surface area contributed by atoms with Gasteiger partial charge in [0.25, 0.3) is 0 Å². The fourth-order valence-electron chi connectivity index (χ4n) is 1.20. The zero-order valence-electron chi connectivity index (χ0n) is 9.18. The average Bonchev–Trinajstić information content (AvgIpc) is 2.30. The Morgan fingerprint density at radius 2 is 2.00 bits per heavy atom. The first-order valence-electron chi connectivity index (χ1n) is 5.15. The van der Waals surface area contributed by atoms with Gasteiger partial charge in [-0.25, -0.2) is 4.79 Å². The molecule has 0 radical (unpaired) electrons. The van der Waals surface area contributed by atoms with E-state index in [0.29, 0.717) is 18.6 Å². The van der Waals surface area contributed by atoms with E-state index in [-0.39, 0.29) is 5.97 Å². The van der Waals surface area contributed by atoms with Crippen LogP contribution >= 0.6 is 0 Å². The first kappa shape index (κ1) is 12.2. The van der Waals surface area contributed by atoms with Gasteiger partial charge in [-0.2, -0.15) is 0 Å². The molecule has 0 atom stereocenters. The summed E-state index contributed by atoms with van der Waals surface area (Å²) in [4.78, 5) is 21.4. The van der Waals surface area contributed by atoms with E-state index in [0.717, 1.165) is 11.8 Å². The molecule has 0 bridgehead atoms. The molecule has 0 amide bonds. The minimum atomic E-state index is -0.314. The number of carbonyl (C=O) groups excluding carboxylic acids is 2. The van der Waals surface area contributed by atoms with Crippen molar-refractivity contribution in [1.82, 2.24) is 0 Å². The summed E-state index contributed by atoms with van der Waals surface area (Å²) in [5, 5.41) is 0. The Labute approximate surface area is 94.7 Å². The molecule has 1 aromatic rings. The molecule has 3 heteroatoms. The Kier molecular flexibility index (Phi) is 4.99. The van der Waals surface area contributed by atoms with Gasteiger partial charge >= 0.3 is 5.97 Å². The van der Waals surface area contributed by atoms with Crippen molar-refractivity contribution in [3.63, 3.8) is 0 Å². The lowest BCUT2D eigenvalue weighted by Crippen LogP contribution is -2.03. The van der Waals surface area contributed by atoms with Crippen LogP contribution in [0.4, 0.5) is 0 Å². The maximum Gasteiger partial charge on any atom is 0.338 e. The summed E-state index contributed by atoms with van der Waals surface area (Å²) in [6.07, 6.45) is 4.85. The van der Waals surface area contributed by atoms with E-state index < -0.39 is 0 Å². The molecule has 3 nitrogen and oxygen atoms in total. The fourth-order valence-corrected chi connectivity index (χ4v) is 1.20. The highest BCUT2D eigenvalue weighted by atomic mass is 16.5. The third-order valence-corrected chi connectivity index (χ3v) is 1.96. The molecule has 0 heterocycles. The molecule has 1 rings (SSSR count). The first-order valence-corrected chi connectivity index (χ1v) is 5.15. The molecule has 0 aliphatic carbocycles. The first-order chi connectivity index (χ1) is 7.77. The predicted octanol–water partition coefficient (Wildman–Crippen LogP) is 2.47. The number of allylic oxidation sites excluding steroid dienone is 1. The van der Waals surface area contributed by atoms with Gasteiger partial charge in [-0.3, -0.25) is 0 Å². The molecule has 0 saturated heterocycles. The van der Waals surface area contributed by atoms with Crippen LogP contribution in [0.5, 0.6) is 0 Å². The molecule has 0 aromatic heterocycles. The summed E-state index contributed by atoms with van der Waals surface area (Å²) in [5.74, 6) is -0.314. The topological polar surface area (TPSA) is 43.4 Å². The quantitative estimate of drug-likeness (QED) is 0.563. The number of carbonyl (C=O) groups is 2. The van der Waals surface area contributed by atoms with Crippen LogP contribution in [-0.4, -0.2) is 18.9 Å². The lowest BCUT2D eigenvalue weighted by atomic mass is 10.1. The van der Waals surface area contributed by atoms with Crippen LogP contribution in [-0.2, 0) is 9.53 Å². The maximum absolute atomic E-state index is 11.3. The van der Waals surface area contributed by atoms with Crippen molar-refractivity contribution < 1.29 is 14.3 Å². The van der Waals surface area contributed by atoms with Crippen LogP contribution in [0.25, 0.3) is 6.08 Å². The third-order valence-electron chi connectivity index (χ3n) is 1.96. The van der Waals surface area contributed by atoms with Crippen molar-refractivity contribution in [2.24, 2.45) is 0 Å². The van der Waals surface area contributed by atoms with Crippen LogP contribution in [0, 0.1) is 0 Å². The highest BCUT2D eigenvalue weighted by Gasteiger charge is 2.04. The second-order valence-corrected chi connectivity index (χ2v) is 3.15. The van der Waals surface area contributed by atoms with Crippen LogP contribution in [0.3, 0.4) is 0 Å². The standard InChI is InChI=1S/C13H14O3/c1-2-16-13(15)12-8-6-11(7-9-12)5-3-4-10-14/h3,5-10H,2,4H2,1H3. The van der Waals surface area contributed by atoms with Crippen LogP contribution in [0.1, 0.15) is 29.3 Å². The van der Waals surface area contributed by atoms with Gasteiger partial charge < -0.3 is 9.53 Å². The smallest absolute Gasteiger partial charge is 0.338 e. The van der Waals surface area contributed by atoms with Gasteiger partial charge in [0.2, 0.25) is 0 Å². The van der Waals surface area contributed by atoms with Crippen LogP contribution in [0.15, 0.2) is 30.3 Å². The lowest BCUT2D eigenvalue weighted by Gasteiger charge is -2.01. The van der Waals surface area contributed by atoms with E-state index in [4.69, 9.17) is 4.74 Å². The maximum atomic E-state index is 11.3. The molecule has 16 heavy (non-hydrogen) atoms. The minimum Gasteiger partial charge on any atom is -0.462 e. The largest absolute Gasteiger partial charge is 0.462 e. The molecule has 84 valence electrons. The van der Waals surface area contributed by atoms with E-state index in [2.05, 4.69) is 0 Å². The normalized spacial score (nSPS) is 10.3. The second-order valence-electron chi connectivity index (χ2n) is 3.15. The molecule has 0 fully saturated rings. The molecule has 0 unspecified atom stereocenters. The van der Waals surface area contributed by atoms with Gasteiger partial charge in [0, 0.05) is 6.42 Å². The lowest BCUT2D eigenvalue weighted by molar-refractivity contribution is -0.107. The van der Waals surface area contributed by atoms with Crippen molar-refractivity contribution >= 4 is 18.3 Å². The minimum absolute atomic E-state index is 0.314. The SMILES string of the molecule is CCOC(=O)c1ccc(C=CCC=O)cc1. The number of esters is 1. The highest BCUT2D eigenvalue weighted by Crippen LogP contribution is 2.07. The van der Waals surface area contributed by atoms with Crippen LogP contribution in [0.2, 0.25) is 0 Å². The van der Waals surface area contributed by atoms with E-state index in [1.807, 2.05) is 18.2 Å². The molecule has 0 spiro atoms. The van der Waals surface area contributed by atoms with E-state index in [1.165, 1.54) is 0 Å². The Morgan fingerprint density at radius 3 is 2.56 bits per heavy atom. The summed E-state index contributed by atoms with van der Waals surface area (Å²) in [6.45, 7) is 2.15. The van der Waals surface area contributed by atoms with Crippen molar-refractivity contribution in [1.29, 1.82) is 0 Å². The number of hydrogen-bond acceptors (Lipinski definition) is 3. The van der Waals surface area contributed by atoms with Gasteiger partial charge in [0.15, 0.2) is 0 Å². The zero-order chi connectivity index (χ0) is 11.8. The summed E-state index contributed by atoms with van der Waals surface area (Å²) in [6, 6.07) is 7.04. The summed E-state index contributed by atoms with van der Waals surface area (Å²) >= 11 is 0. The van der Waals surface area contributed by atoms with Gasteiger partial charge in [-0.05, 0) is 24.6 Å². The number of hydrogen-bond donors (Lipinski definition) is 0. The predicted molar refractivity (Wildman–Crippen MR) is 62.1 cm³/mol. The van der Waals surface area contributed by atoms with Gasteiger partial charge in [-0.1, -0.05) is 24.3 Å². The zero-order valence-corrected chi connectivity index (χ0v) is 9.18. The van der Waals surface area contributed by atoms with Crippen molar-refractivity contribution in [2.45, 2.75) is 13.3 Å². The number of rotatable bonds is 5. The molecule has 1 aromatic carbocycles. The van der Waals surface area contributed by atoms with E-state index >= 15 is 0 Å². The Morgan fingerprint density at radius 1 is 1.31 bits per heavy atom. The van der Waals surface area contributed by atoms with E-state index in [9.17, 15) is 9.59 Å². The summed E-state index contributed by atoms with van der Waals surface area (Å²) in [7, 11) is 0. The van der Waals surface area contributed by atoms with Crippen molar-refractivity contribution in [2.75, 3.05) is 6.61 Å². The van der Waals surface area contributed by atoms with Crippen molar-refractivity contribution in [3.05, 3.63) is 41.5 Å². The molecule has 0 saturated carbocycles. The number of ether oxygens (including phenoxy) is 1. The molecular weight excluding hydrogens is 204 g/mol. The van der Waals surface area contributed by atoms with Crippen molar-refractivity contribution in [3.8, 4) is 0 Å². The van der Waals surface area contributed by atoms with E-state index in [1.54, 1.807) is 25.1 Å². The second kappa shape index (κ2) is 6.56. The molecule has 0 aliphatic rings. The number of benzene rings is 1. The summed E-state index contributed by atoms with van der Waals surface area (Å²) in [5.41, 5.74) is 1.49. The van der Waals surface area contributed by atoms with Gasteiger partial charge in [0.05, 0.1) is 12.2 Å². The van der Waals surface area contributed by atoms with Gasteiger partial charge in [0.1, 0.15) is 6.29 Å². The van der Waals surface area contributed by atoms with Crippen LogP contribution < -0.4 is 0 Å². The fraction of sp³-hybridized carbons (Fsp3) is 0.231. The summed E-state index contributed by atoms with van der Waals surface area (Å²) < 4.78 is 4.86. The molecular formula is C13H14O3. The molecule has 0 N–H and O–H groups in total. The molecule has 0 aliphatic heterocycles. The third kappa shape index (κ3) is 3.69. The Hall–Kier alpha value is -1.90. The monoisotopic (exact) mass is 218 g/mol. The Bertz CT molecular complexity index is 377. The Balaban J connectivity index is 2.67. The number of aldehydes is 1.